The SMILES string of the molecule is O=C(COc1cccc(NC(=O)C2CC2)c1)NCC(c1ccccc1)c1ccccc1. The zero-order valence-electron chi connectivity index (χ0n) is 17.3. The summed E-state index contributed by atoms with van der Waals surface area (Å²) in [5.74, 6) is 0.600. The molecule has 5 heteroatoms. The largest absolute Gasteiger partial charge is 0.484 e. The Morgan fingerprint density at radius 2 is 1.52 bits per heavy atom. The Morgan fingerprint density at radius 1 is 0.871 bits per heavy atom. The van der Waals surface area contributed by atoms with Crippen LogP contribution in [0.4, 0.5) is 5.69 Å². The van der Waals surface area contributed by atoms with Crippen LogP contribution < -0.4 is 15.4 Å². The third-order valence-electron chi connectivity index (χ3n) is 5.33. The molecule has 0 spiro atoms. The summed E-state index contributed by atoms with van der Waals surface area (Å²) >= 11 is 0. The standard InChI is InChI=1S/C26H26N2O3/c29-25(18-31-23-13-7-12-22(16-23)28-26(30)21-14-15-21)27-17-24(19-8-3-1-4-9-19)20-10-5-2-6-11-20/h1-13,16,21,24H,14-15,17-18H2,(H,27,29)(H,28,30). The normalized spacial score (nSPS) is 12.9. The molecular weight excluding hydrogens is 388 g/mol. The highest BCUT2D eigenvalue weighted by Crippen LogP contribution is 2.30. The third kappa shape index (κ3) is 5.95. The molecule has 4 rings (SSSR count). The number of hydrogen-bond donors (Lipinski definition) is 2. The highest BCUT2D eigenvalue weighted by molar-refractivity contribution is 5.94. The molecule has 1 aliphatic carbocycles. The second-order valence-electron chi connectivity index (χ2n) is 7.76. The van der Waals surface area contributed by atoms with E-state index >= 15 is 0 Å². The maximum atomic E-state index is 12.4. The summed E-state index contributed by atoms with van der Waals surface area (Å²) in [5.41, 5.74) is 2.98. The first-order valence-corrected chi connectivity index (χ1v) is 10.6. The predicted molar refractivity (Wildman–Crippen MR) is 121 cm³/mol. The minimum absolute atomic E-state index is 0.0442. The fourth-order valence-corrected chi connectivity index (χ4v) is 3.47. The van der Waals surface area contributed by atoms with Crippen LogP contribution in [0.5, 0.6) is 5.75 Å². The number of carbonyl (C=O) groups excluding carboxylic acids is 2. The Bertz CT molecular complexity index is 978. The number of hydrogen-bond acceptors (Lipinski definition) is 3. The van der Waals surface area contributed by atoms with Crippen molar-refractivity contribution in [3.63, 3.8) is 0 Å². The van der Waals surface area contributed by atoms with Gasteiger partial charge in [-0.05, 0) is 36.1 Å². The number of benzene rings is 3. The summed E-state index contributed by atoms with van der Waals surface area (Å²) in [5, 5.41) is 5.88. The summed E-state index contributed by atoms with van der Waals surface area (Å²) < 4.78 is 5.65. The van der Waals surface area contributed by atoms with E-state index in [2.05, 4.69) is 34.9 Å². The third-order valence-corrected chi connectivity index (χ3v) is 5.33. The van der Waals surface area contributed by atoms with Crippen LogP contribution in [-0.2, 0) is 9.59 Å². The molecular formula is C26H26N2O3. The molecule has 1 aliphatic rings. The molecule has 0 saturated heterocycles. The Hall–Kier alpha value is -3.60. The lowest BCUT2D eigenvalue weighted by molar-refractivity contribution is -0.123. The van der Waals surface area contributed by atoms with Crippen LogP contribution >= 0.6 is 0 Å². The van der Waals surface area contributed by atoms with E-state index in [1.165, 1.54) is 0 Å². The maximum absolute atomic E-state index is 12.4. The van der Waals surface area contributed by atoms with Gasteiger partial charge in [0.2, 0.25) is 5.91 Å². The van der Waals surface area contributed by atoms with Crippen LogP contribution in [0.15, 0.2) is 84.9 Å². The molecule has 0 radical (unpaired) electrons. The van der Waals surface area contributed by atoms with Gasteiger partial charge in [-0.25, -0.2) is 0 Å². The fraction of sp³-hybridized carbons (Fsp3) is 0.231. The van der Waals surface area contributed by atoms with Crippen LogP contribution in [0.3, 0.4) is 0 Å². The minimum atomic E-state index is -0.190. The van der Waals surface area contributed by atoms with E-state index in [9.17, 15) is 9.59 Å². The molecule has 2 amide bonds. The molecule has 0 bridgehead atoms. The van der Waals surface area contributed by atoms with Crippen LogP contribution in [0.1, 0.15) is 29.9 Å². The minimum Gasteiger partial charge on any atom is -0.484 e. The molecule has 31 heavy (non-hydrogen) atoms. The van der Waals surface area contributed by atoms with Crippen molar-refractivity contribution in [2.45, 2.75) is 18.8 Å². The summed E-state index contributed by atoms with van der Waals surface area (Å²) in [6.07, 6.45) is 1.91. The van der Waals surface area contributed by atoms with Gasteiger partial charge in [-0.2, -0.15) is 0 Å². The monoisotopic (exact) mass is 414 g/mol. The van der Waals surface area contributed by atoms with Crippen molar-refractivity contribution in [3.05, 3.63) is 96.1 Å². The molecule has 3 aromatic carbocycles. The molecule has 1 saturated carbocycles. The molecule has 0 aromatic heterocycles. The number of rotatable bonds is 9. The van der Waals surface area contributed by atoms with E-state index < -0.39 is 0 Å². The number of carbonyl (C=O) groups is 2. The summed E-state index contributed by atoms with van der Waals surface area (Å²) in [6, 6.07) is 27.4. The molecule has 0 aliphatic heterocycles. The predicted octanol–water partition coefficient (Wildman–Crippen LogP) is 4.36. The molecule has 158 valence electrons. The van der Waals surface area contributed by atoms with Crippen molar-refractivity contribution in [1.82, 2.24) is 5.32 Å². The average molecular weight is 415 g/mol. The van der Waals surface area contributed by atoms with Crippen LogP contribution in [0, 0.1) is 5.92 Å². The summed E-state index contributed by atoms with van der Waals surface area (Å²) in [4.78, 5) is 24.4. The fourth-order valence-electron chi connectivity index (χ4n) is 3.47. The lowest BCUT2D eigenvalue weighted by atomic mass is 9.91. The first-order chi connectivity index (χ1) is 15.2. The lowest BCUT2D eigenvalue weighted by Crippen LogP contribution is -2.32. The van der Waals surface area contributed by atoms with Gasteiger partial charge in [-0.15, -0.1) is 0 Å². The zero-order valence-corrected chi connectivity index (χ0v) is 17.3. The quantitative estimate of drug-likeness (QED) is 0.547. The molecule has 0 heterocycles. The van der Waals surface area contributed by atoms with Gasteiger partial charge in [-0.1, -0.05) is 66.7 Å². The molecule has 2 N–H and O–H groups in total. The van der Waals surface area contributed by atoms with Gasteiger partial charge in [0.25, 0.3) is 5.91 Å². The van der Waals surface area contributed by atoms with Crippen LogP contribution in [0.25, 0.3) is 0 Å². The van der Waals surface area contributed by atoms with Gasteiger partial charge in [0.15, 0.2) is 6.61 Å². The topological polar surface area (TPSA) is 67.4 Å². The second-order valence-corrected chi connectivity index (χ2v) is 7.76. The Kier molecular flexibility index (Phi) is 6.62. The lowest BCUT2D eigenvalue weighted by Gasteiger charge is -2.19. The van der Waals surface area contributed by atoms with Crippen molar-refractivity contribution >= 4 is 17.5 Å². The Labute approximate surface area is 182 Å². The molecule has 0 atom stereocenters. The first kappa shape index (κ1) is 20.7. The first-order valence-electron chi connectivity index (χ1n) is 10.6. The molecule has 1 fully saturated rings. The number of anilines is 1. The van der Waals surface area contributed by atoms with Gasteiger partial charge in [0.1, 0.15) is 5.75 Å². The van der Waals surface area contributed by atoms with E-state index in [-0.39, 0.29) is 30.3 Å². The van der Waals surface area contributed by atoms with E-state index in [0.29, 0.717) is 18.0 Å². The highest BCUT2D eigenvalue weighted by atomic mass is 16.5. The van der Waals surface area contributed by atoms with E-state index in [1.807, 2.05) is 42.5 Å². The van der Waals surface area contributed by atoms with Crippen molar-refractivity contribution < 1.29 is 14.3 Å². The van der Waals surface area contributed by atoms with E-state index in [4.69, 9.17) is 4.74 Å². The second kappa shape index (κ2) is 9.94. The summed E-state index contributed by atoms with van der Waals surface area (Å²) in [6.45, 7) is 0.393. The van der Waals surface area contributed by atoms with Crippen molar-refractivity contribution in [2.24, 2.45) is 5.92 Å². The van der Waals surface area contributed by atoms with Gasteiger partial charge in [0, 0.05) is 30.1 Å². The maximum Gasteiger partial charge on any atom is 0.257 e. The number of amides is 2. The van der Waals surface area contributed by atoms with Crippen LogP contribution in [-0.4, -0.2) is 25.0 Å². The van der Waals surface area contributed by atoms with Gasteiger partial charge in [0.05, 0.1) is 0 Å². The Morgan fingerprint density at radius 3 is 2.13 bits per heavy atom. The average Bonchev–Trinajstić information content (AvgIpc) is 3.65. The van der Waals surface area contributed by atoms with Gasteiger partial charge < -0.3 is 15.4 Å². The van der Waals surface area contributed by atoms with Gasteiger partial charge >= 0.3 is 0 Å². The van der Waals surface area contributed by atoms with E-state index in [0.717, 1.165) is 24.0 Å². The van der Waals surface area contributed by atoms with Crippen molar-refractivity contribution in [2.75, 3.05) is 18.5 Å². The molecule has 3 aromatic rings. The molecule has 5 nitrogen and oxygen atoms in total. The zero-order chi connectivity index (χ0) is 21.5. The van der Waals surface area contributed by atoms with Crippen LogP contribution in [0.2, 0.25) is 0 Å². The summed E-state index contributed by atoms with van der Waals surface area (Å²) in [7, 11) is 0. The highest BCUT2D eigenvalue weighted by Gasteiger charge is 2.29. The van der Waals surface area contributed by atoms with Crippen molar-refractivity contribution in [1.29, 1.82) is 0 Å². The van der Waals surface area contributed by atoms with Gasteiger partial charge in [-0.3, -0.25) is 9.59 Å². The smallest absolute Gasteiger partial charge is 0.257 e. The number of ether oxygens (including phenoxy) is 1. The van der Waals surface area contributed by atoms with E-state index in [1.54, 1.807) is 18.2 Å². The molecule has 0 unspecified atom stereocenters. The Balaban J connectivity index is 1.32. The van der Waals surface area contributed by atoms with Crippen molar-refractivity contribution in [3.8, 4) is 5.75 Å². The number of nitrogens with one attached hydrogen (secondary N) is 2.